The van der Waals surface area contributed by atoms with E-state index in [0.717, 1.165) is 11.4 Å². The number of hydrogen-bond acceptors (Lipinski definition) is 5. The average Bonchev–Trinajstić information content (AvgIpc) is 2.85. The number of aromatic nitrogens is 2. The molecule has 5 heteroatoms. The average molecular weight is 263 g/mol. The number of para-hydroxylation sites is 1. The van der Waals surface area contributed by atoms with Gasteiger partial charge in [0, 0.05) is 5.69 Å². The normalized spacial score (nSPS) is 10.4. The van der Waals surface area contributed by atoms with Gasteiger partial charge in [-0.1, -0.05) is 36.5 Å². The summed E-state index contributed by atoms with van der Waals surface area (Å²) in [7, 11) is 1.61. The largest absolute Gasteiger partial charge is 0.472 e. The van der Waals surface area contributed by atoms with Crippen LogP contribution in [0.2, 0.25) is 0 Å². The number of benzene rings is 1. The van der Waals surface area contributed by atoms with Crippen molar-refractivity contribution in [2.75, 3.05) is 12.4 Å². The molecule has 1 N–H and O–H groups in total. The van der Waals surface area contributed by atoms with E-state index >= 15 is 0 Å². The molecule has 4 nitrogen and oxygen atoms in total. The first-order valence-electron chi connectivity index (χ1n) is 5.93. The van der Waals surface area contributed by atoms with Gasteiger partial charge in [-0.3, -0.25) is 0 Å². The van der Waals surface area contributed by atoms with E-state index < -0.39 is 0 Å². The van der Waals surface area contributed by atoms with Crippen molar-refractivity contribution < 1.29 is 4.74 Å². The zero-order chi connectivity index (χ0) is 13.0. The molecule has 0 saturated heterocycles. The Kier molecular flexibility index (Phi) is 4.15. The molecule has 1 heterocycles. The lowest BCUT2D eigenvalue weighted by Gasteiger charge is -2.12. The Labute approximate surface area is 111 Å². The van der Waals surface area contributed by atoms with E-state index in [1.165, 1.54) is 28.2 Å². The van der Waals surface area contributed by atoms with Crippen LogP contribution in [-0.4, -0.2) is 17.3 Å². The van der Waals surface area contributed by atoms with Crippen LogP contribution in [0.25, 0.3) is 0 Å². The molecule has 0 aliphatic carbocycles. The number of aryl methyl sites for hydroxylation is 2. The van der Waals surface area contributed by atoms with Gasteiger partial charge in [0.25, 0.3) is 5.19 Å². The van der Waals surface area contributed by atoms with Crippen molar-refractivity contribution in [3.63, 3.8) is 0 Å². The fraction of sp³-hybridized carbons (Fsp3) is 0.385. The molecule has 0 atom stereocenters. The standard InChI is InChI=1S/C13H17N3OS/c1-4-10-7-5-6-9(2)12(10)14-8-11-15-16-13(17-3)18-11/h5-7,14H,4,8H2,1-3H3. The molecule has 0 radical (unpaired) electrons. The molecule has 0 aliphatic rings. The quantitative estimate of drug-likeness (QED) is 0.900. The molecule has 0 spiro atoms. The fourth-order valence-corrected chi connectivity index (χ4v) is 2.42. The maximum absolute atomic E-state index is 5.03. The minimum atomic E-state index is 0.604. The number of rotatable bonds is 5. The Morgan fingerprint density at radius 2 is 2.17 bits per heavy atom. The molecule has 96 valence electrons. The van der Waals surface area contributed by atoms with E-state index in [-0.39, 0.29) is 0 Å². The van der Waals surface area contributed by atoms with Crippen molar-refractivity contribution in [1.82, 2.24) is 10.2 Å². The Morgan fingerprint density at radius 1 is 1.33 bits per heavy atom. The van der Waals surface area contributed by atoms with Gasteiger partial charge < -0.3 is 10.1 Å². The van der Waals surface area contributed by atoms with Gasteiger partial charge in [-0.15, -0.1) is 10.2 Å². The second kappa shape index (κ2) is 5.82. The van der Waals surface area contributed by atoms with Crippen LogP contribution in [-0.2, 0) is 13.0 Å². The highest BCUT2D eigenvalue weighted by atomic mass is 32.1. The number of hydrogen-bond donors (Lipinski definition) is 1. The molecule has 0 aliphatic heterocycles. The first kappa shape index (κ1) is 12.8. The second-order valence-corrected chi connectivity index (χ2v) is 5.01. The van der Waals surface area contributed by atoms with E-state index in [4.69, 9.17) is 4.74 Å². The Bertz CT molecular complexity index is 525. The van der Waals surface area contributed by atoms with Gasteiger partial charge in [0.05, 0.1) is 13.7 Å². The zero-order valence-electron chi connectivity index (χ0n) is 10.9. The van der Waals surface area contributed by atoms with E-state index in [2.05, 4.69) is 47.6 Å². The molecular formula is C13H17N3OS. The summed E-state index contributed by atoms with van der Waals surface area (Å²) in [5.41, 5.74) is 3.78. The van der Waals surface area contributed by atoms with Gasteiger partial charge in [0.15, 0.2) is 0 Å². The van der Waals surface area contributed by atoms with Crippen LogP contribution < -0.4 is 10.1 Å². The molecule has 0 amide bonds. The lowest BCUT2D eigenvalue weighted by molar-refractivity contribution is 0.407. The zero-order valence-corrected chi connectivity index (χ0v) is 11.7. The third-order valence-electron chi connectivity index (χ3n) is 2.78. The summed E-state index contributed by atoms with van der Waals surface area (Å²) < 4.78 is 5.03. The summed E-state index contributed by atoms with van der Waals surface area (Å²) in [4.78, 5) is 0. The van der Waals surface area contributed by atoms with Crippen LogP contribution >= 0.6 is 11.3 Å². The van der Waals surface area contributed by atoms with E-state index in [9.17, 15) is 0 Å². The van der Waals surface area contributed by atoms with Crippen LogP contribution in [0.3, 0.4) is 0 Å². The van der Waals surface area contributed by atoms with Crippen molar-refractivity contribution in [2.45, 2.75) is 26.8 Å². The number of nitrogens with one attached hydrogen (secondary N) is 1. The summed E-state index contributed by atoms with van der Waals surface area (Å²) in [6, 6.07) is 6.35. The SMILES string of the molecule is CCc1cccc(C)c1NCc1nnc(OC)s1. The number of anilines is 1. The Morgan fingerprint density at radius 3 is 2.83 bits per heavy atom. The lowest BCUT2D eigenvalue weighted by Crippen LogP contribution is -2.03. The van der Waals surface area contributed by atoms with Gasteiger partial charge in [-0.2, -0.15) is 0 Å². The van der Waals surface area contributed by atoms with Crippen molar-refractivity contribution in [3.05, 3.63) is 34.3 Å². The third kappa shape index (κ3) is 2.79. The summed E-state index contributed by atoms with van der Waals surface area (Å²) in [6.45, 7) is 4.95. The van der Waals surface area contributed by atoms with Gasteiger partial charge in [-0.05, 0) is 24.5 Å². The monoisotopic (exact) mass is 263 g/mol. The van der Waals surface area contributed by atoms with Gasteiger partial charge >= 0.3 is 0 Å². The van der Waals surface area contributed by atoms with E-state index in [1.807, 2.05) is 0 Å². The van der Waals surface area contributed by atoms with Crippen LogP contribution in [0.4, 0.5) is 5.69 Å². The predicted molar refractivity (Wildman–Crippen MR) is 74.3 cm³/mol. The van der Waals surface area contributed by atoms with Crippen LogP contribution in [0.15, 0.2) is 18.2 Å². The summed E-state index contributed by atoms with van der Waals surface area (Å²) in [5.74, 6) is 0. The number of ether oxygens (including phenoxy) is 1. The summed E-state index contributed by atoms with van der Waals surface area (Å²) >= 11 is 1.46. The molecule has 1 aromatic heterocycles. The third-order valence-corrected chi connectivity index (χ3v) is 3.66. The molecule has 0 unspecified atom stereocenters. The summed E-state index contributed by atoms with van der Waals surface area (Å²) in [5, 5.41) is 13.0. The molecule has 0 saturated carbocycles. The van der Waals surface area contributed by atoms with Crippen molar-refractivity contribution in [2.24, 2.45) is 0 Å². The lowest BCUT2D eigenvalue weighted by atomic mass is 10.1. The van der Waals surface area contributed by atoms with E-state index in [1.54, 1.807) is 7.11 Å². The topological polar surface area (TPSA) is 47.0 Å². The second-order valence-electron chi connectivity index (χ2n) is 3.98. The molecule has 18 heavy (non-hydrogen) atoms. The highest BCUT2D eigenvalue weighted by Gasteiger charge is 2.07. The van der Waals surface area contributed by atoms with Crippen LogP contribution in [0, 0.1) is 6.92 Å². The molecule has 1 aromatic carbocycles. The fourth-order valence-electron chi connectivity index (χ4n) is 1.83. The molecule has 0 fully saturated rings. The Hall–Kier alpha value is -1.62. The minimum Gasteiger partial charge on any atom is -0.472 e. The molecule has 0 bridgehead atoms. The van der Waals surface area contributed by atoms with Gasteiger partial charge in [0.2, 0.25) is 0 Å². The number of methoxy groups -OCH3 is 1. The maximum Gasteiger partial charge on any atom is 0.293 e. The first-order chi connectivity index (χ1) is 8.74. The highest BCUT2D eigenvalue weighted by Crippen LogP contribution is 2.23. The first-order valence-corrected chi connectivity index (χ1v) is 6.75. The minimum absolute atomic E-state index is 0.604. The van der Waals surface area contributed by atoms with Crippen molar-refractivity contribution in [1.29, 1.82) is 0 Å². The Balaban J connectivity index is 2.10. The molecular weight excluding hydrogens is 246 g/mol. The molecule has 2 rings (SSSR count). The summed E-state index contributed by atoms with van der Waals surface area (Å²) in [6.07, 6.45) is 1.02. The van der Waals surface area contributed by atoms with Gasteiger partial charge in [-0.25, -0.2) is 0 Å². The smallest absolute Gasteiger partial charge is 0.293 e. The van der Waals surface area contributed by atoms with Crippen molar-refractivity contribution in [3.8, 4) is 5.19 Å². The predicted octanol–water partition coefficient (Wildman–Crippen LogP) is 3.03. The van der Waals surface area contributed by atoms with Crippen molar-refractivity contribution >= 4 is 17.0 Å². The van der Waals surface area contributed by atoms with Gasteiger partial charge in [0.1, 0.15) is 5.01 Å². The highest BCUT2D eigenvalue weighted by molar-refractivity contribution is 7.13. The van der Waals surface area contributed by atoms with Crippen LogP contribution in [0.5, 0.6) is 5.19 Å². The van der Waals surface area contributed by atoms with Crippen LogP contribution in [0.1, 0.15) is 23.1 Å². The number of nitrogens with zero attached hydrogens (tertiary/aromatic N) is 2. The maximum atomic E-state index is 5.03. The van der Waals surface area contributed by atoms with E-state index in [0.29, 0.717) is 11.7 Å². The molecule has 2 aromatic rings.